The summed E-state index contributed by atoms with van der Waals surface area (Å²) in [7, 11) is 0. The van der Waals surface area contributed by atoms with Crippen LogP contribution in [-0.2, 0) is 9.63 Å². The van der Waals surface area contributed by atoms with Crippen molar-refractivity contribution in [3.63, 3.8) is 0 Å². The van der Waals surface area contributed by atoms with Crippen molar-refractivity contribution in [1.82, 2.24) is 15.8 Å². The molecular weight excluding hydrogens is 403 g/mol. The number of hydrogen-bond acceptors (Lipinski definition) is 6. The molecule has 8 heteroatoms. The number of nitrogens with zero attached hydrogens (tertiary/aromatic N) is 1. The minimum Gasteiger partial charge on any atom is -0.374 e. The number of aromatic nitrogens is 1. The highest BCUT2D eigenvalue weighted by atomic mass is 32.2. The number of carbonyl (C=O) groups is 1. The van der Waals surface area contributed by atoms with E-state index in [0.29, 0.717) is 5.69 Å². The van der Waals surface area contributed by atoms with Crippen LogP contribution in [0.3, 0.4) is 0 Å². The number of thioether (sulfide) groups is 1. The number of rotatable bonds is 5. The first-order valence-electron chi connectivity index (χ1n) is 10.4. The molecule has 0 spiro atoms. The number of hydroxylamine groups is 1. The number of pyridine rings is 1. The van der Waals surface area contributed by atoms with E-state index in [9.17, 15) is 9.18 Å². The van der Waals surface area contributed by atoms with Crippen molar-refractivity contribution in [1.29, 1.82) is 0 Å². The van der Waals surface area contributed by atoms with Crippen LogP contribution in [0.25, 0.3) is 0 Å². The van der Waals surface area contributed by atoms with Gasteiger partial charge in [-0.1, -0.05) is 19.9 Å². The molecule has 0 saturated carbocycles. The van der Waals surface area contributed by atoms with E-state index >= 15 is 0 Å². The number of fused-ring (bicyclic) bond motifs is 1. The number of nitrogens with one attached hydrogen (secondary N) is 3. The van der Waals surface area contributed by atoms with E-state index < -0.39 is 11.3 Å². The molecule has 2 aliphatic heterocycles. The minimum absolute atomic E-state index is 0.0154. The van der Waals surface area contributed by atoms with Gasteiger partial charge in [0.2, 0.25) is 0 Å². The lowest BCUT2D eigenvalue weighted by molar-refractivity contribution is -0.139. The van der Waals surface area contributed by atoms with Crippen molar-refractivity contribution in [2.75, 3.05) is 18.4 Å². The zero-order valence-electron chi connectivity index (χ0n) is 17.6. The number of aryl methyl sites for hydroxylation is 1. The standard InChI is InChI=1S/C20H23FN4O2S.C2H6/c1-12-2-3-16(15(21)10-12)24-18-14-11-23-9-6-17(14)28-19(18)20(26)25-27-13-4-7-22-8-5-13;1-2/h2-3,6,9-11,13,18-19,22,24H,4-5,7-8H2,1H3,(H,25,26);1-2H3. The molecule has 2 atom stereocenters. The Morgan fingerprint density at radius 2 is 2.03 bits per heavy atom. The average molecular weight is 433 g/mol. The monoisotopic (exact) mass is 432 g/mol. The number of anilines is 1. The first kappa shape index (κ1) is 22.5. The van der Waals surface area contributed by atoms with Gasteiger partial charge in [0.15, 0.2) is 0 Å². The molecule has 1 fully saturated rings. The van der Waals surface area contributed by atoms with Gasteiger partial charge in [-0.15, -0.1) is 11.8 Å². The van der Waals surface area contributed by atoms with Crippen molar-refractivity contribution >= 4 is 23.4 Å². The third-order valence-corrected chi connectivity index (χ3v) is 6.37. The topological polar surface area (TPSA) is 75.3 Å². The van der Waals surface area contributed by atoms with Crippen molar-refractivity contribution in [3.8, 4) is 0 Å². The molecule has 1 aromatic carbocycles. The molecule has 2 aromatic rings. The number of piperidine rings is 1. The van der Waals surface area contributed by atoms with Crippen LogP contribution >= 0.6 is 11.8 Å². The Bertz CT molecular complexity index is 861. The van der Waals surface area contributed by atoms with Gasteiger partial charge in [0, 0.05) is 22.9 Å². The molecule has 0 aliphatic carbocycles. The third-order valence-electron chi connectivity index (χ3n) is 5.01. The molecule has 3 N–H and O–H groups in total. The fraction of sp³-hybridized carbons (Fsp3) is 0.455. The van der Waals surface area contributed by atoms with Crippen LogP contribution in [0, 0.1) is 12.7 Å². The maximum absolute atomic E-state index is 14.4. The van der Waals surface area contributed by atoms with Crippen molar-refractivity contribution in [2.24, 2.45) is 0 Å². The molecular formula is C22H29FN4O2S. The molecule has 30 heavy (non-hydrogen) atoms. The summed E-state index contributed by atoms with van der Waals surface area (Å²) in [6.07, 6.45) is 5.16. The van der Waals surface area contributed by atoms with Gasteiger partial charge in [0.25, 0.3) is 5.91 Å². The van der Waals surface area contributed by atoms with Crippen molar-refractivity contribution in [3.05, 3.63) is 53.6 Å². The fourth-order valence-electron chi connectivity index (χ4n) is 3.48. The van der Waals surface area contributed by atoms with Gasteiger partial charge in [-0.3, -0.25) is 14.6 Å². The summed E-state index contributed by atoms with van der Waals surface area (Å²) >= 11 is 1.44. The van der Waals surface area contributed by atoms with E-state index in [1.54, 1.807) is 18.5 Å². The van der Waals surface area contributed by atoms with Crippen LogP contribution in [0.2, 0.25) is 0 Å². The normalized spacial score (nSPS) is 20.7. The summed E-state index contributed by atoms with van der Waals surface area (Å²) < 4.78 is 14.4. The van der Waals surface area contributed by atoms with Gasteiger partial charge in [-0.05, 0) is 56.6 Å². The molecule has 0 radical (unpaired) electrons. The highest BCUT2D eigenvalue weighted by molar-refractivity contribution is 8.01. The highest BCUT2D eigenvalue weighted by Crippen LogP contribution is 2.45. The zero-order valence-corrected chi connectivity index (χ0v) is 18.4. The Morgan fingerprint density at radius 3 is 2.77 bits per heavy atom. The molecule has 1 aromatic heterocycles. The SMILES string of the molecule is CC.Cc1ccc(NC2c3cnccc3SC2C(=O)NOC2CCNCC2)c(F)c1. The molecule has 1 amide bonds. The zero-order chi connectivity index (χ0) is 21.5. The molecule has 6 nitrogen and oxygen atoms in total. The van der Waals surface area contributed by atoms with Crippen LogP contribution in [0.15, 0.2) is 41.6 Å². The first-order chi connectivity index (χ1) is 14.6. The van der Waals surface area contributed by atoms with Crippen LogP contribution in [0.4, 0.5) is 10.1 Å². The minimum atomic E-state index is -0.485. The second kappa shape index (κ2) is 10.7. The molecule has 3 heterocycles. The van der Waals surface area contributed by atoms with Crippen LogP contribution < -0.4 is 16.1 Å². The van der Waals surface area contributed by atoms with Crippen LogP contribution in [-0.4, -0.2) is 35.3 Å². The fourth-order valence-corrected chi connectivity index (χ4v) is 4.71. The van der Waals surface area contributed by atoms with Crippen molar-refractivity contribution < 1.29 is 14.0 Å². The van der Waals surface area contributed by atoms with Crippen LogP contribution in [0.5, 0.6) is 0 Å². The summed E-state index contributed by atoms with van der Waals surface area (Å²) in [6.45, 7) is 7.60. The smallest absolute Gasteiger partial charge is 0.259 e. The number of carbonyl (C=O) groups excluding carboxylic acids is 1. The lowest BCUT2D eigenvalue weighted by Gasteiger charge is -2.25. The summed E-state index contributed by atoms with van der Waals surface area (Å²) in [5, 5.41) is 5.98. The van der Waals surface area contributed by atoms with E-state index in [4.69, 9.17) is 4.84 Å². The van der Waals surface area contributed by atoms with Crippen LogP contribution in [0.1, 0.15) is 43.9 Å². The Kier molecular flexibility index (Phi) is 8.07. The molecule has 0 bridgehead atoms. The Morgan fingerprint density at radius 1 is 1.27 bits per heavy atom. The second-order valence-corrected chi connectivity index (χ2v) is 8.27. The largest absolute Gasteiger partial charge is 0.374 e. The molecule has 4 rings (SSSR count). The van der Waals surface area contributed by atoms with Gasteiger partial charge in [-0.2, -0.15) is 0 Å². The van der Waals surface area contributed by atoms with E-state index in [1.165, 1.54) is 17.8 Å². The van der Waals surface area contributed by atoms with E-state index in [0.717, 1.165) is 42.0 Å². The number of amides is 1. The van der Waals surface area contributed by atoms with E-state index in [-0.39, 0.29) is 17.8 Å². The molecule has 162 valence electrons. The second-order valence-electron chi connectivity index (χ2n) is 7.09. The van der Waals surface area contributed by atoms with Gasteiger partial charge in [0.05, 0.1) is 17.8 Å². The summed E-state index contributed by atoms with van der Waals surface area (Å²) in [5.41, 5.74) is 4.72. The number of hydrogen-bond donors (Lipinski definition) is 3. The number of halogens is 1. The molecule has 1 saturated heterocycles. The van der Waals surface area contributed by atoms with Gasteiger partial charge < -0.3 is 10.6 Å². The lowest BCUT2D eigenvalue weighted by atomic mass is 10.0. The highest BCUT2D eigenvalue weighted by Gasteiger charge is 2.39. The predicted molar refractivity (Wildman–Crippen MR) is 118 cm³/mol. The van der Waals surface area contributed by atoms with Gasteiger partial charge >= 0.3 is 0 Å². The third kappa shape index (κ3) is 5.30. The van der Waals surface area contributed by atoms with E-state index in [2.05, 4.69) is 21.1 Å². The van der Waals surface area contributed by atoms with Gasteiger partial charge in [-0.25, -0.2) is 9.87 Å². The quantitative estimate of drug-likeness (QED) is 0.621. The molecule has 2 aliphatic rings. The maximum Gasteiger partial charge on any atom is 0.259 e. The molecule has 2 unspecified atom stereocenters. The lowest BCUT2D eigenvalue weighted by Crippen LogP contribution is -2.42. The Labute approximate surface area is 181 Å². The first-order valence-corrected chi connectivity index (χ1v) is 11.3. The number of benzene rings is 1. The average Bonchev–Trinajstić information content (AvgIpc) is 3.15. The van der Waals surface area contributed by atoms with Gasteiger partial charge in [0.1, 0.15) is 11.1 Å². The summed E-state index contributed by atoms with van der Waals surface area (Å²) in [5.74, 6) is -0.572. The summed E-state index contributed by atoms with van der Waals surface area (Å²) in [4.78, 5) is 23.6. The summed E-state index contributed by atoms with van der Waals surface area (Å²) in [6, 6.07) is 6.49. The Balaban J connectivity index is 0.00000124. The maximum atomic E-state index is 14.4. The Hall–Kier alpha value is -2.16. The van der Waals surface area contributed by atoms with E-state index in [1.807, 2.05) is 32.9 Å². The van der Waals surface area contributed by atoms with Crippen molar-refractivity contribution in [2.45, 2.75) is 55.9 Å². The predicted octanol–water partition coefficient (Wildman–Crippen LogP) is 3.98.